The summed E-state index contributed by atoms with van der Waals surface area (Å²) in [6, 6.07) is 13.7. The van der Waals surface area contributed by atoms with Gasteiger partial charge in [-0.25, -0.2) is 0 Å². The maximum absolute atomic E-state index is 13.0. The Morgan fingerprint density at radius 2 is 1.84 bits per heavy atom. The first-order chi connectivity index (χ1) is 15.2. The molecule has 1 heterocycles. The molecule has 2 aromatic carbocycles. The van der Waals surface area contributed by atoms with Crippen molar-refractivity contribution in [2.75, 3.05) is 33.8 Å². The van der Waals surface area contributed by atoms with E-state index in [1.165, 1.54) is 4.90 Å². The molecule has 0 bridgehead atoms. The molecule has 3 rings (SSSR count). The molecule has 1 fully saturated rings. The molecule has 0 aromatic heterocycles. The van der Waals surface area contributed by atoms with Gasteiger partial charge in [-0.1, -0.05) is 41.9 Å². The van der Waals surface area contributed by atoms with Gasteiger partial charge < -0.3 is 19.6 Å². The van der Waals surface area contributed by atoms with E-state index >= 15 is 0 Å². The molecule has 0 aliphatic carbocycles. The lowest BCUT2D eigenvalue weighted by Crippen LogP contribution is -2.35. The van der Waals surface area contributed by atoms with E-state index in [1.807, 2.05) is 43.3 Å². The van der Waals surface area contributed by atoms with Gasteiger partial charge in [-0.15, -0.1) is 0 Å². The fourth-order valence-electron chi connectivity index (χ4n) is 3.57. The molecule has 0 saturated carbocycles. The third kappa shape index (κ3) is 5.40. The van der Waals surface area contributed by atoms with E-state index in [-0.39, 0.29) is 11.3 Å². The Labute approximate surface area is 197 Å². The topological polar surface area (TPSA) is 70.1 Å². The fourth-order valence-corrected chi connectivity index (χ4v) is 3.99. The number of likely N-dealkylation sites (N-methyl/N-ethyl adjacent to an activating group) is 1. The number of Topliss-reactive ketones (excluding diaryl/α,β-unsaturated/α-hetero) is 1. The molecule has 0 unspecified atom stereocenters. The molecule has 1 aliphatic heterocycles. The number of ketones is 1. The van der Waals surface area contributed by atoms with E-state index in [4.69, 9.17) is 4.74 Å². The standard InChI is InChI=1S/C25H29BrN2O4/c1-16(2)15-32-20-10-8-17(9-11-20)23(29)21-22(18-6-5-7-19(26)14-18)28(13-12-27(3)4)25(31)24(21)30/h5-11,14,16,22,29H,12-13,15H2,1-4H3/t22-/m0/s1. The Kier molecular flexibility index (Phi) is 7.74. The average Bonchev–Trinajstić information content (AvgIpc) is 3.01. The minimum absolute atomic E-state index is 0.0997. The number of likely N-dealkylation sites (tertiary alicyclic amines) is 1. The Morgan fingerprint density at radius 3 is 2.44 bits per heavy atom. The number of aliphatic hydroxyl groups is 1. The van der Waals surface area contributed by atoms with Crippen LogP contribution in [0, 0.1) is 5.92 Å². The number of aliphatic hydroxyl groups excluding tert-OH is 1. The maximum atomic E-state index is 13.0. The van der Waals surface area contributed by atoms with Crippen LogP contribution < -0.4 is 4.74 Å². The first kappa shape index (κ1) is 24.0. The largest absolute Gasteiger partial charge is 0.507 e. The zero-order valence-corrected chi connectivity index (χ0v) is 20.4. The van der Waals surface area contributed by atoms with Gasteiger partial charge in [-0.05, 0) is 62.0 Å². The highest BCUT2D eigenvalue weighted by Crippen LogP contribution is 2.40. The summed E-state index contributed by atoms with van der Waals surface area (Å²) in [5.74, 6) is -0.380. The molecule has 1 amide bonds. The molecule has 2 aromatic rings. The zero-order valence-electron chi connectivity index (χ0n) is 18.8. The van der Waals surface area contributed by atoms with Gasteiger partial charge in [-0.3, -0.25) is 9.59 Å². The van der Waals surface area contributed by atoms with E-state index < -0.39 is 17.7 Å². The third-order valence-electron chi connectivity index (χ3n) is 5.20. The summed E-state index contributed by atoms with van der Waals surface area (Å²) in [5, 5.41) is 11.1. The molecule has 0 radical (unpaired) electrons. The molecule has 1 aliphatic rings. The predicted octanol–water partition coefficient (Wildman–Crippen LogP) is 4.47. The second kappa shape index (κ2) is 10.3. The van der Waals surface area contributed by atoms with Gasteiger partial charge in [0.2, 0.25) is 0 Å². The number of amides is 1. The summed E-state index contributed by atoms with van der Waals surface area (Å²) in [5.41, 5.74) is 1.32. The number of ether oxygens (including phenoxy) is 1. The van der Waals surface area contributed by atoms with Crippen molar-refractivity contribution < 1.29 is 19.4 Å². The summed E-state index contributed by atoms with van der Waals surface area (Å²) in [4.78, 5) is 29.4. The number of hydrogen-bond donors (Lipinski definition) is 1. The predicted molar refractivity (Wildman–Crippen MR) is 128 cm³/mol. The Hall–Kier alpha value is -2.64. The number of carbonyl (C=O) groups is 2. The first-order valence-corrected chi connectivity index (χ1v) is 11.4. The summed E-state index contributed by atoms with van der Waals surface area (Å²) >= 11 is 3.47. The maximum Gasteiger partial charge on any atom is 0.295 e. The highest BCUT2D eigenvalue weighted by molar-refractivity contribution is 9.10. The quantitative estimate of drug-likeness (QED) is 0.329. The zero-order chi connectivity index (χ0) is 23.4. The number of carbonyl (C=O) groups excluding carboxylic acids is 2. The molecule has 1 atom stereocenters. The molecule has 32 heavy (non-hydrogen) atoms. The van der Waals surface area contributed by atoms with E-state index in [0.29, 0.717) is 36.9 Å². The van der Waals surface area contributed by atoms with Gasteiger partial charge in [0.25, 0.3) is 11.7 Å². The highest BCUT2D eigenvalue weighted by atomic mass is 79.9. The van der Waals surface area contributed by atoms with Crippen LogP contribution in [0.25, 0.3) is 5.76 Å². The fraction of sp³-hybridized carbons (Fsp3) is 0.360. The van der Waals surface area contributed by atoms with E-state index in [0.717, 1.165) is 10.0 Å². The molecule has 1 saturated heterocycles. The van der Waals surface area contributed by atoms with Crippen molar-refractivity contribution in [2.24, 2.45) is 5.92 Å². The molecule has 6 nitrogen and oxygen atoms in total. The molecule has 1 N–H and O–H groups in total. The minimum atomic E-state index is -0.675. The summed E-state index contributed by atoms with van der Waals surface area (Å²) in [6.07, 6.45) is 0. The number of halogens is 1. The van der Waals surface area contributed by atoms with Gasteiger partial charge >= 0.3 is 0 Å². The van der Waals surface area contributed by atoms with Crippen molar-refractivity contribution in [3.8, 4) is 5.75 Å². The van der Waals surface area contributed by atoms with Gasteiger partial charge in [0.15, 0.2) is 0 Å². The number of benzene rings is 2. The lowest BCUT2D eigenvalue weighted by Gasteiger charge is -2.26. The van der Waals surface area contributed by atoms with Crippen molar-refractivity contribution >= 4 is 33.4 Å². The summed E-state index contributed by atoms with van der Waals surface area (Å²) < 4.78 is 6.54. The van der Waals surface area contributed by atoms with Crippen LogP contribution in [0.15, 0.2) is 58.6 Å². The SMILES string of the molecule is CC(C)COc1ccc(C(O)=C2C(=O)C(=O)N(CCN(C)C)[C@H]2c2cccc(Br)c2)cc1. The van der Waals surface area contributed by atoms with Gasteiger partial charge in [-0.2, -0.15) is 0 Å². The van der Waals surface area contributed by atoms with Crippen molar-refractivity contribution in [1.82, 2.24) is 9.80 Å². The van der Waals surface area contributed by atoms with Gasteiger partial charge in [0.1, 0.15) is 11.5 Å². The van der Waals surface area contributed by atoms with Crippen LogP contribution in [0.4, 0.5) is 0 Å². The monoisotopic (exact) mass is 500 g/mol. The Morgan fingerprint density at radius 1 is 1.16 bits per heavy atom. The molecule has 0 spiro atoms. The van der Waals surface area contributed by atoms with E-state index in [2.05, 4.69) is 29.8 Å². The Balaban J connectivity index is 2.03. The second-order valence-corrected chi connectivity index (χ2v) is 9.50. The van der Waals surface area contributed by atoms with E-state index in [9.17, 15) is 14.7 Å². The van der Waals surface area contributed by atoms with Crippen LogP contribution in [-0.2, 0) is 9.59 Å². The number of hydrogen-bond acceptors (Lipinski definition) is 5. The molecular weight excluding hydrogens is 472 g/mol. The van der Waals surface area contributed by atoms with Crippen LogP contribution in [0.2, 0.25) is 0 Å². The first-order valence-electron chi connectivity index (χ1n) is 10.6. The number of nitrogens with zero attached hydrogens (tertiary/aromatic N) is 2. The van der Waals surface area contributed by atoms with E-state index in [1.54, 1.807) is 24.3 Å². The van der Waals surface area contributed by atoms with Gasteiger partial charge in [0, 0.05) is 23.1 Å². The summed E-state index contributed by atoms with van der Waals surface area (Å²) in [6.45, 7) is 5.69. The average molecular weight is 501 g/mol. The summed E-state index contributed by atoms with van der Waals surface area (Å²) in [7, 11) is 3.82. The van der Waals surface area contributed by atoms with Crippen LogP contribution in [0.5, 0.6) is 5.75 Å². The third-order valence-corrected chi connectivity index (χ3v) is 5.70. The minimum Gasteiger partial charge on any atom is -0.507 e. The molecule has 7 heteroatoms. The van der Waals surface area contributed by atoms with Crippen molar-refractivity contribution in [3.05, 3.63) is 69.7 Å². The van der Waals surface area contributed by atoms with Crippen LogP contribution in [-0.4, -0.2) is 60.4 Å². The van der Waals surface area contributed by atoms with Crippen LogP contribution >= 0.6 is 15.9 Å². The smallest absolute Gasteiger partial charge is 0.295 e. The van der Waals surface area contributed by atoms with Crippen molar-refractivity contribution in [2.45, 2.75) is 19.9 Å². The molecular formula is C25H29BrN2O4. The van der Waals surface area contributed by atoms with Crippen molar-refractivity contribution in [3.63, 3.8) is 0 Å². The molecule has 170 valence electrons. The van der Waals surface area contributed by atoms with Crippen LogP contribution in [0.1, 0.15) is 31.0 Å². The normalized spacial score (nSPS) is 18.1. The van der Waals surface area contributed by atoms with Gasteiger partial charge in [0.05, 0.1) is 18.2 Å². The second-order valence-electron chi connectivity index (χ2n) is 8.58. The number of rotatable bonds is 8. The lowest BCUT2D eigenvalue weighted by atomic mass is 9.95. The van der Waals surface area contributed by atoms with Crippen molar-refractivity contribution in [1.29, 1.82) is 0 Å². The lowest BCUT2D eigenvalue weighted by molar-refractivity contribution is -0.140. The van der Waals surface area contributed by atoms with Crippen LogP contribution in [0.3, 0.4) is 0 Å². The Bertz CT molecular complexity index is 1010. The highest BCUT2D eigenvalue weighted by Gasteiger charge is 2.45.